The van der Waals surface area contributed by atoms with Gasteiger partial charge in [-0.25, -0.2) is 4.98 Å². The molecule has 2 aromatic rings. The summed E-state index contributed by atoms with van der Waals surface area (Å²) < 4.78 is 5.31. The lowest BCUT2D eigenvalue weighted by molar-refractivity contribution is 0.0750. The van der Waals surface area contributed by atoms with Gasteiger partial charge in [0.2, 0.25) is 0 Å². The highest BCUT2D eigenvalue weighted by atomic mass is 32.1. The molecule has 3 rings (SSSR count). The molecule has 0 aromatic carbocycles. The summed E-state index contributed by atoms with van der Waals surface area (Å²) >= 11 is 1.80. The fourth-order valence-electron chi connectivity index (χ4n) is 2.99. The van der Waals surface area contributed by atoms with Gasteiger partial charge in [-0.2, -0.15) is 0 Å². The van der Waals surface area contributed by atoms with Crippen molar-refractivity contribution in [1.82, 2.24) is 9.88 Å². The number of likely N-dealkylation sites (N-methyl/N-ethyl adjacent to an activating group) is 1. The first-order valence-electron chi connectivity index (χ1n) is 7.32. The molecule has 0 N–H and O–H groups in total. The standard InChI is InChI=1S/C16H20N2O2S/c1-10-7-8-20-15(10)16(19)18(3)9-12-5-4-6-13-14(12)17-11(2)21-13/h7-8,12H,4-6,9H2,1-3H3/t12-/m1/s1. The summed E-state index contributed by atoms with van der Waals surface area (Å²) in [6.45, 7) is 4.66. The molecule has 112 valence electrons. The lowest BCUT2D eigenvalue weighted by Crippen LogP contribution is -2.32. The first kappa shape index (κ1) is 14.3. The van der Waals surface area contributed by atoms with E-state index in [1.165, 1.54) is 17.0 Å². The number of carbonyl (C=O) groups is 1. The highest BCUT2D eigenvalue weighted by Gasteiger charge is 2.27. The summed E-state index contributed by atoms with van der Waals surface area (Å²) in [5.41, 5.74) is 2.10. The maximum atomic E-state index is 12.4. The Hall–Kier alpha value is -1.62. The molecular formula is C16H20N2O2S. The van der Waals surface area contributed by atoms with Crippen LogP contribution in [0.15, 0.2) is 16.7 Å². The van der Waals surface area contributed by atoms with E-state index in [-0.39, 0.29) is 5.91 Å². The Morgan fingerprint density at radius 2 is 2.33 bits per heavy atom. The number of aromatic nitrogens is 1. The van der Waals surface area contributed by atoms with Crippen LogP contribution in [-0.2, 0) is 6.42 Å². The van der Waals surface area contributed by atoms with E-state index in [4.69, 9.17) is 4.42 Å². The maximum Gasteiger partial charge on any atom is 0.289 e. The van der Waals surface area contributed by atoms with Gasteiger partial charge in [0.05, 0.1) is 17.0 Å². The molecule has 1 aliphatic carbocycles. The Bertz CT molecular complexity index is 659. The van der Waals surface area contributed by atoms with Crippen LogP contribution in [-0.4, -0.2) is 29.4 Å². The predicted octanol–water partition coefficient (Wildman–Crippen LogP) is 3.55. The predicted molar refractivity (Wildman–Crippen MR) is 82.9 cm³/mol. The van der Waals surface area contributed by atoms with Gasteiger partial charge in [0.15, 0.2) is 5.76 Å². The molecule has 2 heterocycles. The molecule has 4 nitrogen and oxygen atoms in total. The molecule has 1 aliphatic rings. The molecule has 0 spiro atoms. The summed E-state index contributed by atoms with van der Waals surface area (Å²) in [4.78, 5) is 20.3. The van der Waals surface area contributed by atoms with Crippen molar-refractivity contribution in [2.45, 2.75) is 39.0 Å². The first-order chi connectivity index (χ1) is 10.1. The average molecular weight is 304 g/mol. The summed E-state index contributed by atoms with van der Waals surface area (Å²) in [7, 11) is 1.85. The van der Waals surface area contributed by atoms with Crippen molar-refractivity contribution in [2.75, 3.05) is 13.6 Å². The van der Waals surface area contributed by atoms with E-state index in [1.807, 2.05) is 20.0 Å². The molecule has 0 fully saturated rings. The minimum atomic E-state index is -0.0448. The highest BCUT2D eigenvalue weighted by molar-refractivity contribution is 7.11. The lowest BCUT2D eigenvalue weighted by atomic mass is 9.90. The number of furan rings is 1. The zero-order valence-electron chi connectivity index (χ0n) is 12.7. The van der Waals surface area contributed by atoms with E-state index in [0.29, 0.717) is 18.2 Å². The number of rotatable bonds is 3. The minimum absolute atomic E-state index is 0.0448. The Kier molecular flexibility index (Phi) is 3.85. The number of thiazole rings is 1. The van der Waals surface area contributed by atoms with Crippen molar-refractivity contribution >= 4 is 17.2 Å². The molecule has 0 aliphatic heterocycles. The molecular weight excluding hydrogens is 284 g/mol. The van der Waals surface area contributed by atoms with Crippen molar-refractivity contribution < 1.29 is 9.21 Å². The van der Waals surface area contributed by atoms with Crippen molar-refractivity contribution in [3.63, 3.8) is 0 Å². The third-order valence-electron chi connectivity index (χ3n) is 4.07. The Balaban J connectivity index is 1.75. The van der Waals surface area contributed by atoms with Gasteiger partial charge in [-0.3, -0.25) is 4.79 Å². The second kappa shape index (κ2) is 5.64. The Morgan fingerprint density at radius 1 is 1.52 bits per heavy atom. The fourth-order valence-corrected chi connectivity index (χ4v) is 4.05. The number of hydrogen-bond acceptors (Lipinski definition) is 4. The second-order valence-corrected chi connectivity index (χ2v) is 7.04. The number of amides is 1. The summed E-state index contributed by atoms with van der Waals surface area (Å²) in [6, 6.07) is 1.82. The molecule has 0 saturated heterocycles. The van der Waals surface area contributed by atoms with Crippen LogP contribution >= 0.6 is 11.3 Å². The molecule has 0 bridgehead atoms. The van der Waals surface area contributed by atoms with Crippen LogP contribution in [0.2, 0.25) is 0 Å². The zero-order valence-corrected chi connectivity index (χ0v) is 13.5. The number of nitrogens with zero attached hydrogens (tertiary/aromatic N) is 2. The van der Waals surface area contributed by atoms with E-state index in [1.54, 1.807) is 22.5 Å². The third kappa shape index (κ3) is 2.75. The van der Waals surface area contributed by atoms with Gasteiger partial charge in [-0.1, -0.05) is 0 Å². The van der Waals surface area contributed by atoms with Gasteiger partial charge in [-0.15, -0.1) is 11.3 Å². The quantitative estimate of drug-likeness (QED) is 0.871. The first-order valence-corrected chi connectivity index (χ1v) is 8.13. The van der Waals surface area contributed by atoms with Gasteiger partial charge >= 0.3 is 0 Å². The van der Waals surface area contributed by atoms with Crippen molar-refractivity contribution in [3.8, 4) is 0 Å². The molecule has 1 atom stereocenters. The van der Waals surface area contributed by atoms with E-state index in [0.717, 1.165) is 23.4 Å². The molecule has 0 saturated carbocycles. The Morgan fingerprint density at radius 3 is 3.05 bits per heavy atom. The van der Waals surface area contributed by atoms with Crippen molar-refractivity contribution in [2.24, 2.45) is 0 Å². The van der Waals surface area contributed by atoms with Crippen molar-refractivity contribution in [1.29, 1.82) is 0 Å². The highest BCUT2D eigenvalue weighted by Crippen LogP contribution is 2.35. The van der Waals surface area contributed by atoms with Gasteiger partial charge in [0.1, 0.15) is 0 Å². The SMILES string of the molecule is Cc1nc2c(s1)CCC[C@@H]2CN(C)C(=O)c1occc1C. The van der Waals surface area contributed by atoms with Gasteiger partial charge < -0.3 is 9.32 Å². The van der Waals surface area contributed by atoms with E-state index in [2.05, 4.69) is 11.9 Å². The van der Waals surface area contributed by atoms with Crippen LogP contribution < -0.4 is 0 Å². The van der Waals surface area contributed by atoms with Gasteiger partial charge in [0.25, 0.3) is 5.91 Å². The van der Waals surface area contributed by atoms with Crippen LogP contribution in [0.1, 0.15) is 50.5 Å². The summed E-state index contributed by atoms with van der Waals surface area (Å²) in [5.74, 6) is 0.752. The topological polar surface area (TPSA) is 46.3 Å². The van der Waals surface area contributed by atoms with Crippen molar-refractivity contribution in [3.05, 3.63) is 39.2 Å². The molecule has 1 amide bonds. The summed E-state index contributed by atoms with van der Waals surface area (Å²) in [5, 5.41) is 1.13. The zero-order chi connectivity index (χ0) is 15.0. The van der Waals surface area contributed by atoms with E-state index >= 15 is 0 Å². The fraction of sp³-hybridized carbons (Fsp3) is 0.500. The average Bonchev–Trinajstić information content (AvgIpc) is 3.03. The molecule has 0 unspecified atom stereocenters. The minimum Gasteiger partial charge on any atom is -0.459 e. The molecule has 2 aromatic heterocycles. The van der Waals surface area contributed by atoms with Crippen LogP contribution in [0.25, 0.3) is 0 Å². The van der Waals surface area contributed by atoms with Crippen LogP contribution in [0.4, 0.5) is 0 Å². The van der Waals surface area contributed by atoms with Gasteiger partial charge in [-0.05, 0) is 39.2 Å². The van der Waals surface area contributed by atoms with Crippen LogP contribution in [0, 0.1) is 13.8 Å². The molecule has 21 heavy (non-hydrogen) atoms. The smallest absolute Gasteiger partial charge is 0.289 e. The monoisotopic (exact) mass is 304 g/mol. The second-order valence-electron chi connectivity index (χ2n) is 5.75. The third-order valence-corrected chi connectivity index (χ3v) is 5.12. The largest absolute Gasteiger partial charge is 0.459 e. The number of aryl methyl sites for hydroxylation is 3. The lowest BCUT2D eigenvalue weighted by Gasteiger charge is -2.26. The van der Waals surface area contributed by atoms with E-state index in [9.17, 15) is 4.79 Å². The number of fused-ring (bicyclic) bond motifs is 1. The molecule has 0 radical (unpaired) electrons. The van der Waals surface area contributed by atoms with Crippen LogP contribution in [0.3, 0.4) is 0 Å². The van der Waals surface area contributed by atoms with E-state index < -0.39 is 0 Å². The van der Waals surface area contributed by atoms with Crippen LogP contribution in [0.5, 0.6) is 0 Å². The Labute approximate surface area is 128 Å². The number of hydrogen-bond donors (Lipinski definition) is 0. The van der Waals surface area contributed by atoms with Gasteiger partial charge in [0, 0.05) is 30.0 Å². The molecule has 5 heteroatoms. The summed E-state index contributed by atoms with van der Waals surface area (Å²) in [6.07, 6.45) is 4.98. The number of carbonyl (C=O) groups excluding carboxylic acids is 1. The normalized spacial score (nSPS) is 17.6. The maximum absolute atomic E-state index is 12.4.